The molecule has 2 N–H and O–H groups in total. The van der Waals surface area contributed by atoms with Crippen LogP contribution in [0.15, 0.2) is 6.20 Å². The van der Waals surface area contributed by atoms with E-state index in [0.717, 1.165) is 0 Å². The third-order valence-electron chi connectivity index (χ3n) is 3.49. The second-order valence-electron chi connectivity index (χ2n) is 5.10. The number of likely N-dealkylation sites (N-methyl/N-ethyl adjacent to an activating group) is 1. The van der Waals surface area contributed by atoms with Crippen LogP contribution in [0, 0.1) is 10.1 Å². The SMILES string of the molecule is CNc1ncc([N+](=O)[O-])c(N(C)CC2(O)CCOCC2)n1. The van der Waals surface area contributed by atoms with E-state index in [1.54, 1.807) is 19.0 Å². The minimum atomic E-state index is -0.925. The first-order valence-corrected chi connectivity index (χ1v) is 6.66. The molecule has 0 bridgehead atoms. The Bertz CT molecular complexity index is 518. The third kappa shape index (κ3) is 3.56. The lowest BCUT2D eigenvalue weighted by molar-refractivity contribution is -0.384. The van der Waals surface area contributed by atoms with Crippen LogP contribution >= 0.6 is 0 Å². The highest BCUT2D eigenvalue weighted by atomic mass is 16.6. The Hall–Kier alpha value is -2.00. The molecule has 0 saturated carbocycles. The van der Waals surface area contributed by atoms with Crippen LogP contribution in [0.4, 0.5) is 17.5 Å². The molecule has 0 aliphatic carbocycles. The maximum atomic E-state index is 11.1. The number of aliphatic hydroxyl groups is 1. The fourth-order valence-corrected chi connectivity index (χ4v) is 2.32. The highest BCUT2D eigenvalue weighted by Gasteiger charge is 2.33. The zero-order valence-electron chi connectivity index (χ0n) is 12.1. The van der Waals surface area contributed by atoms with Gasteiger partial charge in [0.05, 0.1) is 10.5 Å². The Kier molecular flexibility index (Phi) is 4.53. The Morgan fingerprint density at radius 2 is 2.24 bits per heavy atom. The molecule has 0 unspecified atom stereocenters. The number of nitrogens with zero attached hydrogens (tertiary/aromatic N) is 4. The van der Waals surface area contributed by atoms with Gasteiger partial charge in [-0.1, -0.05) is 0 Å². The summed E-state index contributed by atoms with van der Waals surface area (Å²) in [6, 6.07) is 0. The van der Waals surface area contributed by atoms with Crippen LogP contribution in [0.2, 0.25) is 0 Å². The van der Waals surface area contributed by atoms with E-state index in [0.29, 0.717) is 32.0 Å². The summed E-state index contributed by atoms with van der Waals surface area (Å²) in [5.41, 5.74) is -1.11. The minimum Gasteiger partial charge on any atom is -0.388 e. The zero-order chi connectivity index (χ0) is 15.5. The molecule has 0 spiro atoms. The van der Waals surface area contributed by atoms with E-state index in [1.807, 2.05) is 0 Å². The molecule has 1 aromatic rings. The van der Waals surface area contributed by atoms with Gasteiger partial charge < -0.3 is 20.1 Å². The van der Waals surface area contributed by atoms with E-state index in [9.17, 15) is 15.2 Å². The van der Waals surface area contributed by atoms with Crippen LogP contribution in [0.25, 0.3) is 0 Å². The van der Waals surface area contributed by atoms with E-state index in [-0.39, 0.29) is 18.1 Å². The molecule has 116 valence electrons. The second-order valence-corrected chi connectivity index (χ2v) is 5.10. The van der Waals surface area contributed by atoms with Crippen LogP contribution in [0.1, 0.15) is 12.8 Å². The first-order chi connectivity index (χ1) is 9.95. The molecule has 1 aliphatic heterocycles. The molecule has 9 heteroatoms. The fraction of sp³-hybridized carbons (Fsp3) is 0.667. The lowest BCUT2D eigenvalue weighted by Gasteiger charge is -2.35. The van der Waals surface area contributed by atoms with Crippen molar-refractivity contribution in [3.63, 3.8) is 0 Å². The van der Waals surface area contributed by atoms with Crippen molar-refractivity contribution in [2.75, 3.05) is 44.1 Å². The molecule has 2 rings (SSSR count). The van der Waals surface area contributed by atoms with E-state index in [4.69, 9.17) is 4.74 Å². The van der Waals surface area contributed by atoms with Gasteiger partial charge in [-0.15, -0.1) is 0 Å². The van der Waals surface area contributed by atoms with Crippen LogP contribution < -0.4 is 10.2 Å². The summed E-state index contributed by atoms with van der Waals surface area (Å²) in [5.74, 6) is 0.473. The number of anilines is 2. The Morgan fingerprint density at radius 3 is 2.81 bits per heavy atom. The highest BCUT2D eigenvalue weighted by Crippen LogP contribution is 2.28. The lowest BCUT2D eigenvalue weighted by Crippen LogP contribution is -2.46. The first kappa shape index (κ1) is 15.4. The topological polar surface area (TPSA) is 114 Å². The van der Waals surface area contributed by atoms with Crippen molar-refractivity contribution < 1.29 is 14.8 Å². The van der Waals surface area contributed by atoms with Crippen LogP contribution in [-0.4, -0.2) is 59.5 Å². The molecule has 1 aliphatic rings. The molecule has 1 saturated heterocycles. The van der Waals surface area contributed by atoms with Gasteiger partial charge in [-0.2, -0.15) is 4.98 Å². The molecule has 21 heavy (non-hydrogen) atoms. The van der Waals surface area contributed by atoms with E-state index in [2.05, 4.69) is 15.3 Å². The van der Waals surface area contributed by atoms with Gasteiger partial charge in [-0.25, -0.2) is 4.98 Å². The van der Waals surface area contributed by atoms with Gasteiger partial charge in [-0.3, -0.25) is 10.1 Å². The molecule has 0 aromatic carbocycles. The summed E-state index contributed by atoms with van der Waals surface area (Å²) in [4.78, 5) is 20.1. The summed E-state index contributed by atoms with van der Waals surface area (Å²) in [7, 11) is 3.30. The Labute approximate surface area is 122 Å². The third-order valence-corrected chi connectivity index (χ3v) is 3.49. The molecule has 1 fully saturated rings. The van der Waals surface area contributed by atoms with Crippen LogP contribution in [0.5, 0.6) is 0 Å². The van der Waals surface area contributed by atoms with Crippen molar-refractivity contribution in [2.24, 2.45) is 0 Å². The minimum absolute atomic E-state index is 0.180. The highest BCUT2D eigenvalue weighted by molar-refractivity contribution is 5.58. The molecular weight excluding hydrogens is 278 g/mol. The number of nitrogens with one attached hydrogen (secondary N) is 1. The standard InChI is InChI=1S/C12H19N5O4/c1-13-11-14-7-9(17(19)20)10(15-11)16(2)8-12(18)3-5-21-6-4-12/h7,18H,3-6,8H2,1-2H3,(H,13,14,15). The molecule has 0 amide bonds. The van der Waals surface area contributed by atoms with Gasteiger partial charge in [0, 0.05) is 46.7 Å². The van der Waals surface area contributed by atoms with Gasteiger partial charge >= 0.3 is 5.69 Å². The normalized spacial score (nSPS) is 17.3. The summed E-state index contributed by atoms with van der Waals surface area (Å²) in [6.07, 6.45) is 2.16. The summed E-state index contributed by atoms with van der Waals surface area (Å²) in [5, 5.41) is 24.3. The average molecular weight is 297 g/mol. The summed E-state index contributed by atoms with van der Waals surface area (Å²) < 4.78 is 5.23. The van der Waals surface area contributed by atoms with Gasteiger partial charge in [0.1, 0.15) is 6.20 Å². The average Bonchev–Trinajstić information content (AvgIpc) is 2.46. The van der Waals surface area contributed by atoms with Crippen LogP contribution in [-0.2, 0) is 4.74 Å². The van der Waals surface area contributed by atoms with Crippen molar-refractivity contribution in [1.82, 2.24) is 9.97 Å². The number of rotatable bonds is 5. The van der Waals surface area contributed by atoms with Crippen molar-refractivity contribution in [2.45, 2.75) is 18.4 Å². The predicted octanol–water partition coefficient (Wildman–Crippen LogP) is 0.404. The Balaban J connectivity index is 2.24. The van der Waals surface area contributed by atoms with Crippen molar-refractivity contribution in [3.05, 3.63) is 16.3 Å². The second kappa shape index (κ2) is 6.19. The zero-order valence-corrected chi connectivity index (χ0v) is 12.1. The number of hydrogen-bond acceptors (Lipinski definition) is 8. The van der Waals surface area contributed by atoms with Gasteiger partial charge in [-0.05, 0) is 0 Å². The van der Waals surface area contributed by atoms with Crippen molar-refractivity contribution in [3.8, 4) is 0 Å². The smallest absolute Gasteiger partial charge is 0.329 e. The molecule has 0 atom stereocenters. The molecule has 0 radical (unpaired) electrons. The molecule has 1 aromatic heterocycles. The van der Waals surface area contributed by atoms with Gasteiger partial charge in [0.2, 0.25) is 11.8 Å². The monoisotopic (exact) mass is 297 g/mol. The largest absolute Gasteiger partial charge is 0.388 e. The summed E-state index contributed by atoms with van der Waals surface area (Å²) >= 11 is 0. The molecular formula is C12H19N5O4. The maximum absolute atomic E-state index is 11.1. The van der Waals surface area contributed by atoms with Gasteiger partial charge in [0.25, 0.3) is 0 Å². The van der Waals surface area contributed by atoms with Crippen molar-refractivity contribution in [1.29, 1.82) is 0 Å². The molecule has 2 heterocycles. The van der Waals surface area contributed by atoms with Crippen molar-refractivity contribution >= 4 is 17.5 Å². The number of hydrogen-bond donors (Lipinski definition) is 2. The number of nitro groups is 1. The first-order valence-electron chi connectivity index (χ1n) is 6.66. The molecule has 9 nitrogen and oxygen atoms in total. The van der Waals surface area contributed by atoms with Gasteiger partial charge in [0.15, 0.2) is 0 Å². The quantitative estimate of drug-likeness (QED) is 0.593. The van der Waals surface area contributed by atoms with E-state index >= 15 is 0 Å². The predicted molar refractivity (Wildman–Crippen MR) is 76.5 cm³/mol. The van der Waals surface area contributed by atoms with E-state index < -0.39 is 10.5 Å². The van der Waals surface area contributed by atoms with E-state index in [1.165, 1.54) is 6.20 Å². The lowest BCUT2D eigenvalue weighted by atomic mass is 9.94. The fourth-order valence-electron chi connectivity index (χ4n) is 2.32. The summed E-state index contributed by atoms with van der Waals surface area (Å²) in [6.45, 7) is 1.22. The maximum Gasteiger partial charge on any atom is 0.329 e. The number of aromatic nitrogens is 2. The Morgan fingerprint density at radius 1 is 1.57 bits per heavy atom. The number of ether oxygens (including phenoxy) is 1. The van der Waals surface area contributed by atoms with Crippen LogP contribution in [0.3, 0.4) is 0 Å².